The van der Waals surface area contributed by atoms with Gasteiger partial charge in [-0.1, -0.05) is 18.0 Å². The lowest BCUT2D eigenvalue weighted by molar-refractivity contribution is -0.116. The molecule has 8 heteroatoms. The molecule has 0 bridgehead atoms. The standard InChI is InChI=1S/C13H14ClNO5S/c14-9-7-8(13(17)18)4-5-10(9)15-12(16)11-3-1-2-6-21(11,19)20/h4-5,7,11H,1-3,6H2,(H,15,16)(H,17,18). The number of rotatable bonds is 3. The molecule has 2 N–H and O–H groups in total. The van der Waals surface area contributed by atoms with Crippen molar-refractivity contribution in [2.24, 2.45) is 0 Å². The van der Waals surface area contributed by atoms with E-state index in [9.17, 15) is 18.0 Å². The first-order valence-corrected chi connectivity index (χ1v) is 8.46. The van der Waals surface area contributed by atoms with E-state index in [-0.39, 0.29) is 22.0 Å². The Morgan fingerprint density at radius 1 is 1.29 bits per heavy atom. The van der Waals surface area contributed by atoms with Crippen molar-refractivity contribution in [1.29, 1.82) is 0 Å². The molecule has 0 aromatic heterocycles. The van der Waals surface area contributed by atoms with E-state index >= 15 is 0 Å². The van der Waals surface area contributed by atoms with Crippen LogP contribution in [0.4, 0.5) is 5.69 Å². The van der Waals surface area contributed by atoms with Crippen LogP contribution in [-0.4, -0.2) is 36.4 Å². The minimum atomic E-state index is -3.43. The van der Waals surface area contributed by atoms with Gasteiger partial charge in [-0.25, -0.2) is 13.2 Å². The second kappa shape index (κ2) is 6.03. The Morgan fingerprint density at radius 3 is 2.57 bits per heavy atom. The average Bonchev–Trinajstić information content (AvgIpc) is 2.40. The molecule has 1 heterocycles. The summed E-state index contributed by atoms with van der Waals surface area (Å²) < 4.78 is 23.7. The minimum Gasteiger partial charge on any atom is -0.478 e. The number of anilines is 1. The molecular formula is C13H14ClNO5S. The third-order valence-electron chi connectivity index (χ3n) is 3.34. The Morgan fingerprint density at radius 2 is 2.00 bits per heavy atom. The highest BCUT2D eigenvalue weighted by atomic mass is 35.5. The molecule has 1 aliphatic rings. The van der Waals surface area contributed by atoms with Gasteiger partial charge in [0.05, 0.1) is 22.0 Å². The number of nitrogens with one attached hydrogen (secondary N) is 1. The molecule has 1 aliphatic heterocycles. The highest BCUT2D eigenvalue weighted by Crippen LogP contribution is 2.26. The van der Waals surface area contributed by atoms with Crippen LogP contribution in [0.15, 0.2) is 18.2 Å². The molecule has 21 heavy (non-hydrogen) atoms. The van der Waals surface area contributed by atoms with Crippen molar-refractivity contribution in [3.8, 4) is 0 Å². The number of sulfone groups is 1. The van der Waals surface area contributed by atoms with Crippen molar-refractivity contribution in [1.82, 2.24) is 0 Å². The first-order chi connectivity index (χ1) is 9.81. The summed E-state index contributed by atoms with van der Waals surface area (Å²) in [6, 6.07) is 3.84. The van der Waals surface area contributed by atoms with Crippen molar-refractivity contribution in [3.63, 3.8) is 0 Å². The fourth-order valence-corrected chi connectivity index (χ4v) is 4.24. The number of halogens is 1. The topological polar surface area (TPSA) is 101 Å². The number of hydrogen-bond donors (Lipinski definition) is 2. The second-order valence-corrected chi connectivity index (χ2v) is 7.55. The van der Waals surface area contributed by atoms with Gasteiger partial charge in [0.2, 0.25) is 5.91 Å². The first-order valence-electron chi connectivity index (χ1n) is 6.36. The molecule has 0 aliphatic carbocycles. The minimum absolute atomic E-state index is 0.0107. The summed E-state index contributed by atoms with van der Waals surface area (Å²) in [5.74, 6) is -1.75. The maximum absolute atomic E-state index is 12.1. The van der Waals surface area contributed by atoms with E-state index < -0.39 is 27.0 Å². The van der Waals surface area contributed by atoms with Crippen LogP contribution in [0, 0.1) is 0 Å². The van der Waals surface area contributed by atoms with Crippen LogP contribution in [0.3, 0.4) is 0 Å². The predicted octanol–water partition coefficient (Wildman–Crippen LogP) is 1.94. The molecule has 114 valence electrons. The number of carboxylic acid groups (broad SMARTS) is 1. The highest BCUT2D eigenvalue weighted by molar-refractivity contribution is 7.92. The summed E-state index contributed by atoms with van der Waals surface area (Å²) >= 11 is 5.90. The third kappa shape index (κ3) is 3.54. The zero-order valence-corrected chi connectivity index (χ0v) is 12.6. The lowest BCUT2D eigenvalue weighted by atomic mass is 10.1. The van der Waals surface area contributed by atoms with Crippen LogP contribution < -0.4 is 5.32 Å². The van der Waals surface area contributed by atoms with Gasteiger partial charge in [-0.05, 0) is 31.0 Å². The average molecular weight is 332 g/mol. The van der Waals surface area contributed by atoms with Gasteiger partial charge >= 0.3 is 5.97 Å². The summed E-state index contributed by atoms with van der Waals surface area (Å²) in [6.45, 7) is 0. The normalized spacial score (nSPS) is 20.7. The zero-order valence-electron chi connectivity index (χ0n) is 11.0. The molecule has 6 nitrogen and oxygen atoms in total. The molecule has 0 radical (unpaired) electrons. The van der Waals surface area contributed by atoms with Gasteiger partial charge in [0.1, 0.15) is 5.25 Å². The van der Waals surface area contributed by atoms with Crippen molar-refractivity contribution in [2.75, 3.05) is 11.1 Å². The quantitative estimate of drug-likeness (QED) is 0.881. The van der Waals surface area contributed by atoms with Gasteiger partial charge in [0, 0.05) is 0 Å². The predicted molar refractivity (Wildman–Crippen MR) is 78.5 cm³/mol. The molecule has 1 fully saturated rings. The van der Waals surface area contributed by atoms with Crippen molar-refractivity contribution in [3.05, 3.63) is 28.8 Å². The van der Waals surface area contributed by atoms with Crippen LogP contribution in [0.1, 0.15) is 29.6 Å². The molecule has 1 unspecified atom stereocenters. The molecular weight excluding hydrogens is 318 g/mol. The number of benzene rings is 1. The molecule has 1 aromatic rings. The number of carboxylic acids is 1. The Balaban J connectivity index is 2.18. The number of hydrogen-bond acceptors (Lipinski definition) is 4. The van der Waals surface area contributed by atoms with E-state index in [0.29, 0.717) is 19.3 Å². The van der Waals surface area contributed by atoms with Crippen molar-refractivity contribution >= 4 is 39.0 Å². The van der Waals surface area contributed by atoms with Gasteiger partial charge in [-0.3, -0.25) is 4.79 Å². The van der Waals surface area contributed by atoms with Crippen LogP contribution in [-0.2, 0) is 14.6 Å². The van der Waals surface area contributed by atoms with Crippen molar-refractivity contribution < 1.29 is 23.1 Å². The lowest BCUT2D eigenvalue weighted by Gasteiger charge is -2.21. The smallest absolute Gasteiger partial charge is 0.335 e. The Labute approximate surface area is 127 Å². The summed E-state index contributed by atoms with van der Waals surface area (Å²) in [5.41, 5.74) is 0.190. The fourth-order valence-electron chi connectivity index (χ4n) is 2.21. The maximum atomic E-state index is 12.1. The highest BCUT2D eigenvalue weighted by Gasteiger charge is 2.35. The summed E-state index contributed by atoms with van der Waals surface area (Å²) in [6.07, 6.45) is 1.54. The fraction of sp³-hybridized carbons (Fsp3) is 0.385. The number of carbonyl (C=O) groups is 2. The van der Waals surface area contributed by atoms with Crippen molar-refractivity contribution in [2.45, 2.75) is 24.5 Å². The summed E-state index contributed by atoms with van der Waals surface area (Å²) in [4.78, 5) is 22.9. The SMILES string of the molecule is O=C(O)c1ccc(NC(=O)C2CCCCS2(=O)=O)c(Cl)c1. The van der Waals surface area contributed by atoms with Crippen LogP contribution in [0.2, 0.25) is 5.02 Å². The lowest BCUT2D eigenvalue weighted by Crippen LogP contribution is -2.39. The van der Waals surface area contributed by atoms with Gasteiger partial charge in [0.25, 0.3) is 0 Å². The molecule has 1 atom stereocenters. The van der Waals surface area contributed by atoms with Gasteiger partial charge in [-0.15, -0.1) is 0 Å². The Hall–Kier alpha value is -1.60. The molecule has 2 rings (SSSR count). The van der Waals surface area contributed by atoms with Gasteiger partial charge in [0.15, 0.2) is 9.84 Å². The molecule has 0 saturated carbocycles. The van der Waals surface area contributed by atoms with E-state index in [0.717, 1.165) is 0 Å². The van der Waals surface area contributed by atoms with Gasteiger partial charge in [-0.2, -0.15) is 0 Å². The summed E-state index contributed by atoms with van der Waals surface area (Å²) in [7, 11) is -3.43. The van der Waals surface area contributed by atoms with Gasteiger partial charge < -0.3 is 10.4 Å². The monoisotopic (exact) mass is 331 g/mol. The largest absolute Gasteiger partial charge is 0.478 e. The number of aromatic carboxylic acids is 1. The number of carbonyl (C=O) groups excluding carboxylic acids is 1. The molecule has 1 amide bonds. The zero-order chi connectivity index (χ0) is 15.6. The molecule has 1 saturated heterocycles. The molecule has 0 spiro atoms. The van der Waals surface area contributed by atoms with E-state index in [1.54, 1.807) is 0 Å². The molecule has 1 aromatic carbocycles. The first kappa shape index (κ1) is 15.8. The maximum Gasteiger partial charge on any atom is 0.335 e. The van der Waals surface area contributed by atoms with E-state index in [1.807, 2.05) is 0 Å². The Kier molecular flexibility index (Phi) is 4.53. The second-order valence-electron chi connectivity index (χ2n) is 4.84. The van der Waals surface area contributed by atoms with E-state index in [1.165, 1.54) is 18.2 Å². The Bertz CT molecular complexity index is 686. The number of amides is 1. The van der Waals surface area contributed by atoms with E-state index in [4.69, 9.17) is 16.7 Å². The summed E-state index contributed by atoms with van der Waals surface area (Å²) in [5, 5.41) is 10.3. The van der Waals surface area contributed by atoms with E-state index in [2.05, 4.69) is 5.32 Å². The van der Waals surface area contributed by atoms with Crippen LogP contribution in [0.25, 0.3) is 0 Å². The van der Waals surface area contributed by atoms with Crippen LogP contribution in [0.5, 0.6) is 0 Å². The third-order valence-corrected chi connectivity index (χ3v) is 5.83. The van der Waals surface area contributed by atoms with Crippen LogP contribution >= 0.6 is 11.6 Å².